The number of hydrogen-bond acceptors (Lipinski definition) is 5. The second-order valence-electron chi connectivity index (χ2n) is 6.30. The number of nitrogens with zero attached hydrogens (tertiary/aromatic N) is 1. The highest BCUT2D eigenvalue weighted by atomic mass is 16.6. The number of aryl methyl sites for hydroxylation is 1. The van der Waals surface area contributed by atoms with Crippen molar-refractivity contribution in [3.63, 3.8) is 0 Å². The van der Waals surface area contributed by atoms with Gasteiger partial charge in [-0.2, -0.15) is 0 Å². The molecule has 3 rings (SSSR count). The molecule has 0 bridgehead atoms. The molecule has 0 amide bonds. The van der Waals surface area contributed by atoms with Crippen molar-refractivity contribution < 1.29 is 18.9 Å². The highest BCUT2D eigenvalue weighted by molar-refractivity contribution is 5.78. The lowest BCUT2D eigenvalue weighted by molar-refractivity contribution is -0.386. The predicted molar refractivity (Wildman–Crippen MR) is 106 cm³/mol. The van der Waals surface area contributed by atoms with E-state index < -0.39 is 4.92 Å². The molecule has 1 aromatic heterocycles. The Morgan fingerprint density at radius 2 is 1.86 bits per heavy atom. The Kier molecular flexibility index (Phi) is 5.89. The minimum Gasteiger partial charge on any atom is -0.481 e. The third kappa shape index (κ3) is 3.81. The molecule has 2 aromatic carbocycles. The molecule has 28 heavy (non-hydrogen) atoms. The molecule has 0 N–H and O–H groups in total. The van der Waals surface area contributed by atoms with Crippen LogP contribution in [-0.4, -0.2) is 11.2 Å². The van der Waals surface area contributed by atoms with Gasteiger partial charge < -0.3 is 9.15 Å². The molecule has 0 aliphatic carbocycles. The van der Waals surface area contributed by atoms with Crippen molar-refractivity contribution in [3.8, 4) is 17.1 Å². The number of rotatable bonds is 8. The fourth-order valence-corrected chi connectivity index (χ4v) is 3.27. The van der Waals surface area contributed by atoms with E-state index >= 15 is 0 Å². The zero-order chi connectivity index (χ0) is 20.1. The predicted octanol–water partition coefficient (Wildman–Crippen LogP) is 5.37. The number of nitro benzene ring substituents is 1. The van der Waals surface area contributed by atoms with Crippen molar-refractivity contribution in [1.82, 2.24) is 0 Å². The quantitative estimate of drug-likeness (QED) is 0.298. The third-order valence-electron chi connectivity index (χ3n) is 4.60. The van der Waals surface area contributed by atoms with Gasteiger partial charge in [0.05, 0.1) is 10.5 Å². The Hall–Kier alpha value is -3.41. The summed E-state index contributed by atoms with van der Waals surface area (Å²) >= 11 is 0. The van der Waals surface area contributed by atoms with Gasteiger partial charge in [0.25, 0.3) is 0 Å². The Bertz CT molecular complexity index is 992. The van der Waals surface area contributed by atoms with E-state index in [0.717, 1.165) is 11.1 Å². The molecule has 0 radical (unpaired) electrons. The van der Waals surface area contributed by atoms with Crippen LogP contribution in [0, 0.1) is 10.1 Å². The van der Waals surface area contributed by atoms with Crippen LogP contribution < -0.4 is 4.74 Å². The summed E-state index contributed by atoms with van der Waals surface area (Å²) in [5.41, 5.74) is 2.84. The van der Waals surface area contributed by atoms with Crippen molar-refractivity contribution in [3.05, 3.63) is 81.1 Å². The fourth-order valence-electron chi connectivity index (χ4n) is 3.27. The van der Waals surface area contributed by atoms with Gasteiger partial charge in [-0.15, -0.1) is 0 Å². The van der Waals surface area contributed by atoms with Gasteiger partial charge in [-0.1, -0.05) is 44.2 Å². The largest absolute Gasteiger partial charge is 0.481 e. The summed E-state index contributed by atoms with van der Waals surface area (Å²) in [5.74, 6) is 0.685. The normalized spacial score (nSPS) is 10.6. The zero-order valence-corrected chi connectivity index (χ0v) is 15.8. The Balaban J connectivity index is 2.18. The summed E-state index contributed by atoms with van der Waals surface area (Å²) in [6.07, 6.45) is 1.75. The number of carbonyl (C=O) groups excluding carboxylic acids is 1. The van der Waals surface area contributed by atoms with Crippen molar-refractivity contribution in [1.29, 1.82) is 0 Å². The lowest BCUT2D eigenvalue weighted by atomic mass is 9.95. The summed E-state index contributed by atoms with van der Waals surface area (Å²) in [6.45, 7) is 4.02. The van der Waals surface area contributed by atoms with E-state index in [1.54, 1.807) is 6.07 Å². The molecular formula is C22H21NO5. The first-order valence-corrected chi connectivity index (χ1v) is 9.14. The first kappa shape index (κ1) is 19.4. The standard InChI is InChI=1S/C22H21NO5/c1-3-16-12-19(20-11-10-17(13-24)28-20)22(21(23(25)26)18(16)4-2)27-14-15-8-6-5-7-9-15/h5-13H,3-4,14H2,1-2H3. The number of nitro groups is 1. The molecule has 0 unspecified atom stereocenters. The van der Waals surface area contributed by atoms with E-state index in [-0.39, 0.29) is 23.8 Å². The van der Waals surface area contributed by atoms with E-state index in [2.05, 4.69) is 0 Å². The van der Waals surface area contributed by atoms with Crippen LogP contribution >= 0.6 is 0 Å². The zero-order valence-electron chi connectivity index (χ0n) is 15.8. The molecule has 0 atom stereocenters. The summed E-state index contributed by atoms with van der Waals surface area (Å²) in [5, 5.41) is 12.0. The van der Waals surface area contributed by atoms with Gasteiger partial charge in [0.1, 0.15) is 12.4 Å². The number of aldehydes is 1. The third-order valence-corrected chi connectivity index (χ3v) is 4.60. The van der Waals surface area contributed by atoms with Crippen LogP contribution in [0.1, 0.15) is 41.1 Å². The van der Waals surface area contributed by atoms with Gasteiger partial charge in [0, 0.05) is 5.56 Å². The average Bonchev–Trinajstić information content (AvgIpc) is 3.20. The number of benzene rings is 2. The van der Waals surface area contributed by atoms with Crippen molar-refractivity contribution in [2.24, 2.45) is 0 Å². The summed E-state index contributed by atoms with van der Waals surface area (Å²) in [7, 11) is 0. The summed E-state index contributed by atoms with van der Waals surface area (Å²) < 4.78 is 11.5. The van der Waals surface area contributed by atoms with Gasteiger partial charge in [-0.25, -0.2) is 0 Å². The van der Waals surface area contributed by atoms with E-state index in [4.69, 9.17) is 9.15 Å². The Morgan fingerprint density at radius 3 is 2.43 bits per heavy atom. The molecule has 1 heterocycles. The van der Waals surface area contributed by atoms with Crippen molar-refractivity contribution in [2.45, 2.75) is 33.3 Å². The van der Waals surface area contributed by atoms with Crippen LogP contribution in [0.15, 0.2) is 52.9 Å². The summed E-state index contributed by atoms with van der Waals surface area (Å²) in [4.78, 5) is 22.6. The van der Waals surface area contributed by atoms with Crippen LogP contribution in [0.3, 0.4) is 0 Å². The lowest BCUT2D eigenvalue weighted by Crippen LogP contribution is -2.06. The molecule has 144 valence electrons. The highest BCUT2D eigenvalue weighted by Crippen LogP contribution is 2.43. The van der Waals surface area contributed by atoms with E-state index in [1.165, 1.54) is 6.07 Å². The second kappa shape index (κ2) is 8.52. The maximum absolute atomic E-state index is 12.0. The van der Waals surface area contributed by atoms with Crippen LogP contribution in [0.25, 0.3) is 11.3 Å². The van der Waals surface area contributed by atoms with E-state index in [1.807, 2.05) is 50.2 Å². The SMILES string of the molecule is CCc1cc(-c2ccc(C=O)o2)c(OCc2ccccc2)c([N+](=O)[O-])c1CC. The molecule has 0 aliphatic rings. The topological polar surface area (TPSA) is 82.6 Å². The van der Waals surface area contributed by atoms with Gasteiger partial charge in [-0.3, -0.25) is 14.9 Å². The molecule has 0 saturated carbocycles. The Morgan fingerprint density at radius 1 is 1.11 bits per heavy atom. The first-order valence-electron chi connectivity index (χ1n) is 9.14. The highest BCUT2D eigenvalue weighted by Gasteiger charge is 2.28. The fraction of sp³-hybridized carbons (Fsp3) is 0.227. The van der Waals surface area contributed by atoms with Crippen LogP contribution in [-0.2, 0) is 19.4 Å². The minimum atomic E-state index is -0.397. The number of carbonyl (C=O) groups is 1. The molecule has 0 fully saturated rings. The van der Waals surface area contributed by atoms with Crippen molar-refractivity contribution in [2.75, 3.05) is 0 Å². The Labute approximate surface area is 162 Å². The molecule has 0 saturated heterocycles. The monoisotopic (exact) mass is 379 g/mol. The minimum absolute atomic E-state index is 0.0446. The molecular weight excluding hydrogens is 358 g/mol. The molecule has 3 aromatic rings. The first-order chi connectivity index (χ1) is 13.6. The van der Waals surface area contributed by atoms with E-state index in [9.17, 15) is 14.9 Å². The van der Waals surface area contributed by atoms with Gasteiger partial charge in [0.2, 0.25) is 5.75 Å². The summed E-state index contributed by atoms with van der Waals surface area (Å²) in [6, 6.07) is 14.5. The van der Waals surface area contributed by atoms with Gasteiger partial charge in [0.15, 0.2) is 12.0 Å². The van der Waals surface area contributed by atoms with E-state index in [0.29, 0.717) is 36.0 Å². The van der Waals surface area contributed by atoms with Crippen LogP contribution in [0.2, 0.25) is 0 Å². The number of ether oxygens (including phenoxy) is 1. The maximum Gasteiger partial charge on any atom is 0.315 e. The van der Waals surface area contributed by atoms with Gasteiger partial charge in [-0.05, 0) is 42.2 Å². The molecule has 6 heteroatoms. The maximum atomic E-state index is 12.0. The molecule has 0 aliphatic heterocycles. The average molecular weight is 379 g/mol. The molecule has 0 spiro atoms. The van der Waals surface area contributed by atoms with Crippen LogP contribution in [0.5, 0.6) is 5.75 Å². The second-order valence-corrected chi connectivity index (χ2v) is 6.30. The van der Waals surface area contributed by atoms with Crippen LogP contribution in [0.4, 0.5) is 5.69 Å². The number of furan rings is 1. The number of hydrogen-bond donors (Lipinski definition) is 0. The smallest absolute Gasteiger partial charge is 0.315 e. The molecule has 6 nitrogen and oxygen atoms in total. The van der Waals surface area contributed by atoms with Gasteiger partial charge >= 0.3 is 5.69 Å². The van der Waals surface area contributed by atoms with Crippen molar-refractivity contribution >= 4 is 12.0 Å². The lowest BCUT2D eigenvalue weighted by Gasteiger charge is -2.16.